The number of halogens is 1. The lowest BCUT2D eigenvalue weighted by Crippen LogP contribution is -2.43. The van der Waals surface area contributed by atoms with Crippen molar-refractivity contribution in [2.75, 3.05) is 13.6 Å². The Morgan fingerprint density at radius 1 is 1.40 bits per heavy atom. The molecular weight excluding hydrogens is 276 g/mol. The lowest BCUT2D eigenvalue weighted by Gasteiger charge is -2.14. The maximum absolute atomic E-state index is 12.0. The van der Waals surface area contributed by atoms with Crippen LogP contribution in [0.2, 0.25) is 0 Å². The van der Waals surface area contributed by atoms with E-state index < -0.39 is 0 Å². The molecule has 1 heterocycles. The average molecular weight is 299 g/mol. The fourth-order valence-corrected chi connectivity index (χ4v) is 2.13. The van der Waals surface area contributed by atoms with Crippen LogP contribution in [-0.2, 0) is 11.2 Å². The summed E-state index contributed by atoms with van der Waals surface area (Å²) in [6, 6.07) is 4.40. The topological polar surface area (TPSA) is 50.4 Å². The number of amides is 1. The molecule has 2 N–H and O–H groups in total. The van der Waals surface area contributed by atoms with Gasteiger partial charge in [0.15, 0.2) is 6.10 Å². The van der Waals surface area contributed by atoms with Crippen molar-refractivity contribution in [1.29, 1.82) is 0 Å². The third kappa shape index (κ3) is 3.64. The molecule has 20 heavy (non-hydrogen) atoms. The van der Waals surface area contributed by atoms with Gasteiger partial charge in [-0.3, -0.25) is 4.79 Å². The van der Waals surface area contributed by atoms with Crippen LogP contribution in [0, 0.1) is 13.8 Å². The Morgan fingerprint density at radius 3 is 2.70 bits per heavy atom. The van der Waals surface area contributed by atoms with Gasteiger partial charge in [-0.25, -0.2) is 0 Å². The van der Waals surface area contributed by atoms with Crippen molar-refractivity contribution < 1.29 is 9.53 Å². The number of hydrogen-bond donors (Lipinski definition) is 2. The van der Waals surface area contributed by atoms with Gasteiger partial charge in [0, 0.05) is 19.0 Å². The number of fused-ring (bicyclic) bond motifs is 1. The second kappa shape index (κ2) is 6.95. The third-order valence-electron chi connectivity index (χ3n) is 3.72. The Morgan fingerprint density at radius 2 is 2.05 bits per heavy atom. The van der Waals surface area contributed by atoms with Crippen molar-refractivity contribution in [3.63, 3.8) is 0 Å². The number of benzene rings is 1. The van der Waals surface area contributed by atoms with E-state index in [4.69, 9.17) is 4.74 Å². The van der Waals surface area contributed by atoms with Gasteiger partial charge in [-0.15, -0.1) is 12.4 Å². The van der Waals surface area contributed by atoms with Crippen LogP contribution in [0.5, 0.6) is 5.75 Å². The lowest BCUT2D eigenvalue weighted by molar-refractivity contribution is -0.127. The molecule has 1 amide bonds. The van der Waals surface area contributed by atoms with Crippen molar-refractivity contribution in [3.8, 4) is 5.75 Å². The molecule has 0 aliphatic carbocycles. The second-order valence-electron chi connectivity index (χ2n) is 5.29. The van der Waals surface area contributed by atoms with Gasteiger partial charge in [0.05, 0.1) is 0 Å². The standard InChI is InChI=1S/C15H22N2O2.ClH/c1-9-5-12-7-14(19-13(12)6-10(9)2)15(18)17-8-11(3)16-4;/h5-6,11,14,16H,7-8H2,1-4H3,(H,17,18);1H. The van der Waals surface area contributed by atoms with E-state index in [2.05, 4.69) is 30.5 Å². The van der Waals surface area contributed by atoms with Gasteiger partial charge in [-0.05, 0) is 50.6 Å². The molecule has 4 nitrogen and oxygen atoms in total. The van der Waals surface area contributed by atoms with Gasteiger partial charge in [-0.1, -0.05) is 6.07 Å². The number of hydrogen-bond acceptors (Lipinski definition) is 3. The summed E-state index contributed by atoms with van der Waals surface area (Å²) in [4.78, 5) is 12.0. The molecule has 112 valence electrons. The van der Waals surface area contributed by atoms with Crippen molar-refractivity contribution in [2.24, 2.45) is 0 Å². The summed E-state index contributed by atoms with van der Waals surface area (Å²) >= 11 is 0. The molecule has 2 atom stereocenters. The van der Waals surface area contributed by atoms with Gasteiger partial charge >= 0.3 is 0 Å². The van der Waals surface area contributed by atoms with Crippen molar-refractivity contribution >= 4 is 18.3 Å². The summed E-state index contributed by atoms with van der Waals surface area (Å²) in [7, 11) is 1.88. The number of rotatable bonds is 4. The van der Waals surface area contributed by atoms with Crippen molar-refractivity contribution in [3.05, 3.63) is 28.8 Å². The predicted molar refractivity (Wildman–Crippen MR) is 82.8 cm³/mol. The first kappa shape index (κ1) is 16.8. The highest BCUT2D eigenvalue weighted by Gasteiger charge is 2.29. The second-order valence-corrected chi connectivity index (χ2v) is 5.29. The molecule has 0 saturated heterocycles. The fraction of sp³-hybridized carbons (Fsp3) is 0.533. The van der Waals surface area contributed by atoms with E-state index in [1.165, 1.54) is 11.1 Å². The minimum atomic E-state index is -0.389. The van der Waals surface area contributed by atoms with Crippen molar-refractivity contribution in [2.45, 2.75) is 39.3 Å². The van der Waals surface area contributed by atoms with Gasteiger partial charge in [0.25, 0.3) is 5.91 Å². The fourth-order valence-electron chi connectivity index (χ4n) is 2.13. The number of carbonyl (C=O) groups excluding carboxylic acids is 1. The zero-order valence-electron chi connectivity index (χ0n) is 12.4. The molecule has 5 heteroatoms. The van der Waals surface area contributed by atoms with Crippen LogP contribution < -0.4 is 15.4 Å². The van der Waals surface area contributed by atoms with Gasteiger partial charge in [-0.2, -0.15) is 0 Å². The molecule has 1 aromatic carbocycles. The zero-order valence-corrected chi connectivity index (χ0v) is 13.3. The number of aryl methyl sites for hydroxylation is 2. The first-order valence-corrected chi connectivity index (χ1v) is 6.73. The monoisotopic (exact) mass is 298 g/mol. The number of ether oxygens (including phenoxy) is 1. The molecule has 0 bridgehead atoms. The number of nitrogens with one attached hydrogen (secondary N) is 2. The SMILES string of the molecule is CNC(C)CNC(=O)C1Cc2cc(C)c(C)cc2O1.Cl. The zero-order chi connectivity index (χ0) is 14.0. The Balaban J connectivity index is 0.00000200. The van der Waals surface area contributed by atoms with Gasteiger partial charge in [0.1, 0.15) is 5.75 Å². The van der Waals surface area contributed by atoms with Crippen LogP contribution in [0.25, 0.3) is 0 Å². The number of carbonyl (C=O) groups is 1. The molecule has 2 rings (SSSR count). The minimum Gasteiger partial charge on any atom is -0.480 e. The summed E-state index contributed by atoms with van der Waals surface area (Å²) in [5.74, 6) is 0.818. The quantitative estimate of drug-likeness (QED) is 0.890. The highest BCUT2D eigenvalue weighted by atomic mass is 35.5. The molecule has 1 aromatic rings. The van der Waals surface area contributed by atoms with E-state index in [-0.39, 0.29) is 30.5 Å². The maximum atomic E-state index is 12.0. The first-order chi connectivity index (χ1) is 9.01. The smallest absolute Gasteiger partial charge is 0.261 e. The molecule has 2 unspecified atom stereocenters. The average Bonchev–Trinajstić information content (AvgIpc) is 2.79. The minimum absolute atomic E-state index is 0. The van der Waals surface area contributed by atoms with Crippen LogP contribution in [-0.4, -0.2) is 31.6 Å². The molecule has 0 fully saturated rings. The summed E-state index contributed by atoms with van der Waals surface area (Å²) in [6.07, 6.45) is 0.274. The van der Waals surface area contributed by atoms with Crippen LogP contribution in [0.15, 0.2) is 12.1 Å². The van der Waals surface area contributed by atoms with E-state index in [0.29, 0.717) is 13.0 Å². The van der Waals surface area contributed by atoms with Crippen LogP contribution in [0.3, 0.4) is 0 Å². The summed E-state index contributed by atoms with van der Waals surface area (Å²) in [5, 5.41) is 6.00. The normalized spacial score (nSPS) is 17.7. The van der Waals surface area contributed by atoms with Crippen LogP contribution in [0.1, 0.15) is 23.6 Å². The molecule has 1 aliphatic heterocycles. The van der Waals surface area contributed by atoms with Crippen molar-refractivity contribution in [1.82, 2.24) is 10.6 Å². The molecule has 0 aromatic heterocycles. The lowest BCUT2D eigenvalue weighted by atomic mass is 10.0. The van der Waals surface area contributed by atoms with E-state index in [1.54, 1.807) is 0 Å². The molecular formula is C15H23ClN2O2. The van der Waals surface area contributed by atoms with E-state index in [1.807, 2.05) is 20.0 Å². The summed E-state index contributed by atoms with van der Waals surface area (Å²) < 4.78 is 5.74. The summed E-state index contributed by atoms with van der Waals surface area (Å²) in [5.41, 5.74) is 3.57. The highest BCUT2D eigenvalue weighted by Crippen LogP contribution is 2.31. The molecule has 0 saturated carbocycles. The number of likely N-dealkylation sites (N-methyl/N-ethyl adjacent to an activating group) is 1. The first-order valence-electron chi connectivity index (χ1n) is 6.73. The van der Waals surface area contributed by atoms with Crippen LogP contribution in [0.4, 0.5) is 0 Å². The Hall–Kier alpha value is -1.26. The molecule has 0 radical (unpaired) electrons. The summed E-state index contributed by atoms with van der Waals surface area (Å²) in [6.45, 7) is 6.78. The predicted octanol–water partition coefficient (Wildman–Crippen LogP) is 1.75. The Labute approximate surface area is 126 Å². The Bertz CT molecular complexity index is 460. The van der Waals surface area contributed by atoms with E-state index in [9.17, 15) is 4.79 Å². The maximum Gasteiger partial charge on any atom is 0.261 e. The van der Waals surface area contributed by atoms with Crippen LogP contribution >= 0.6 is 12.4 Å². The van der Waals surface area contributed by atoms with E-state index >= 15 is 0 Å². The molecule has 1 aliphatic rings. The molecule has 0 spiro atoms. The third-order valence-corrected chi connectivity index (χ3v) is 3.72. The largest absolute Gasteiger partial charge is 0.480 e. The highest BCUT2D eigenvalue weighted by molar-refractivity contribution is 5.85. The van der Waals surface area contributed by atoms with Gasteiger partial charge in [0.2, 0.25) is 0 Å². The van der Waals surface area contributed by atoms with E-state index in [0.717, 1.165) is 11.3 Å². The van der Waals surface area contributed by atoms with Gasteiger partial charge < -0.3 is 15.4 Å². The Kier molecular flexibility index (Phi) is 5.84.